The minimum absolute atomic E-state index is 0.0648. The molecule has 2 rings (SSSR count). The molecule has 3 nitrogen and oxygen atoms in total. The Kier molecular flexibility index (Phi) is 4.59. The van der Waals surface area contributed by atoms with Gasteiger partial charge in [0.1, 0.15) is 0 Å². The molecule has 0 saturated carbocycles. The summed E-state index contributed by atoms with van der Waals surface area (Å²) in [5, 5.41) is 3.35. The van der Waals surface area contributed by atoms with Gasteiger partial charge in [0, 0.05) is 31.1 Å². The minimum Gasteiger partial charge on any atom is -0.341 e. The fourth-order valence-electron chi connectivity index (χ4n) is 2.91. The molecular weight excluding hydrogens is 244 g/mol. The Labute approximate surface area is 115 Å². The summed E-state index contributed by atoms with van der Waals surface area (Å²) in [7, 11) is 0. The van der Waals surface area contributed by atoms with E-state index in [0.717, 1.165) is 49.9 Å². The topological polar surface area (TPSA) is 32.3 Å². The maximum Gasteiger partial charge on any atom is 0.240 e. The molecule has 1 atom stereocenters. The van der Waals surface area contributed by atoms with Gasteiger partial charge in [-0.15, -0.1) is 0 Å². The lowest BCUT2D eigenvalue weighted by Gasteiger charge is -2.40. The standard InChI is InChI=1S/C14H26N2OS/c1-14(2,3)11-4-7-16(8-5-11)13(17)12-10-18-9-6-15-12/h11-12,15H,4-10H2,1-3H3. The first-order valence-electron chi connectivity index (χ1n) is 7.08. The molecule has 2 aliphatic rings. The molecule has 0 bridgehead atoms. The molecular formula is C14H26N2OS. The van der Waals surface area contributed by atoms with Crippen molar-refractivity contribution in [3.63, 3.8) is 0 Å². The molecule has 2 heterocycles. The molecule has 2 aliphatic heterocycles. The molecule has 0 aromatic rings. The highest BCUT2D eigenvalue weighted by molar-refractivity contribution is 7.99. The molecule has 0 aromatic heterocycles. The van der Waals surface area contributed by atoms with Crippen molar-refractivity contribution in [3.8, 4) is 0 Å². The lowest BCUT2D eigenvalue weighted by atomic mass is 9.75. The van der Waals surface area contributed by atoms with E-state index in [1.807, 2.05) is 11.8 Å². The van der Waals surface area contributed by atoms with Crippen molar-refractivity contribution in [1.82, 2.24) is 10.2 Å². The van der Waals surface area contributed by atoms with Crippen LogP contribution in [0.3, 0.4) is 0 Å². The van der Waals surface area contributed by atoms with Gasteiger partial charge in [-0.1, -0.05) is 20.8 Å². The predicted octanol–water partition coefficient (Wildman–Crippen LogP) is 1.98. The van der Waals surface area contributed by atoms with Crippen LogP contribution < -0.4 is 5.32 Å². The average molecular weight is 270 g/mol. The van der Waals surface area contributed by atoms with Crippen LogP contribution in [-0.4, -0.2) is 48.0 Å². The number of carbonyl (C=O) groups is 1. The molecule has 104 valence electrons. The third kappa shape index (κ3) is 3.41. The summed E-state index contributed by atoms with van der Waals surface area (Å²) in [5.41, 5.74) is 0.383. The van der Waals surface area contributed by atoms with Gasteiger partial charge in [0.25, 0.3) is 0 Å². The Balaban J connectivity index is 1.83. The molecule has 4 heteroatoms. The second-order valence-electron chi connectivity index (χ2n) is 6.55. The SMILES string of the molecule is CC(C)(C)C1CCN(C(=O)C2CSCCN2)CC1. The van der Waals surface area contributed by atoms with Crippen molar-refractivity contribution in [3.05, 3.63) is 0 Å². The zero-order valence-corrected chi connectivity index (χ0v) is 12.7. The molecule has 2 saturated heterocycles. The lowest BCUT2D eigenvalue weighted by Crippen LogP contribution is -2.53. The minimum atomic E-state index is 0.0648. The number of hydrogen-bond acceptors (Lipinski definition) is 3. The first kappa shape index (κ1) is 14.2. The summed E-state index contributed by atoms with van der Waals surface area (Å²) >= 11 is 1.89. The summed E-state index contributed by atoms with van der Waals surface area (Å²) in [6, 6.07) is 0.0648. The van der Waals surface area contributed by atoms with E-state index >= 15 is 0 Å². The van der Waals surface area contributed by atoms with Crippen molar-refractivity contribution in [1.29, 1.82) is 0 Å². The monoisotopic (exact) mass is 270 g/mol. The van der Waals surface area contributed by atoms with Crippen LogP contribution >= 0.6 is 11.8 Å². The van der Waals surface area contributed by atoms with Crippen molar-refractivity contribution >= 4 is 17.7 Å². The van der Waals surface area contributed by atoms with Crippen LogP contribution in [0, 0.1) is 11.3 Å². The van der Waals surface area contributed by atoms with E-state index in [9.17, 15) is 4.79 Å². The molecule has 18 heavy (non-hydrogen) atoms. The van der Waals surface area contributed by atoms with E-state index < -0.39 is 0 Å². The molecule has 2 fully saturated rings. The smallest absolute Gasteiger partial charge is 0.240 e. The van der Waals surface area contributed by atoms with E-state index in [1.54, 1.807) is 0 Å². The van der Waals surface area contributed by atoms with Crippen LogP contribution in [0.5, 0.6) is 0 Å². The Morgan fingerprint density at radius 2 is 1.94 bits per heavy atom. The highest BCUT2D eigenvalue weighted by Gasteiger charge is 2.33. The number of nitrogens with zero attached hydrogens (tertiary/aromatic N) is 1. The number of likely N-dealkylation sites (tertiary alicyclic amines) is 1. The number of thioether (sulfide) groups is 1. The molecule has 0 aromatic carbocycles. The van der Waals surface area contributed by atoms with Crippen LogP contribution in [0.25, 0.3) is 0 Å². The predicted molar refractivity (Wildman–Crippen MR) is 77.9 cm³/mol. The van der Waals surface area contributed by atoms with E-state index in [0.29, 0.717) is 11.3 Å². The quantitative estimate of drug-likeness (QED) is 0.791. The van der Waals surface area contributed by atoms with Crippen LogP contribution in [-0.2, 0) is 4.79 Å². The van der Waals surface area contributed by atoms with Crippen LogP contribution in [0.4, 0.5) is 0 Å². The Bertz CT molecular complexity index is 287. The Morgan fingerprint density at radius 3 is 2.44 bits per heavy atom. The summed E-state index contributed by atoms with van der Waals surface area (Å²) in [5.74, 6) is 3.17. The number of piperidine rings is 1. The van der Waals surface area contributed by atoms with Crippen LogP contribution in [0.1, 0.15) is 33.6 Å². The molecule has 1 N–H and O–H groups in total. The van der Waals surface area contributed by atoms with Gasteiger partial charge in [-0.05, 0) is 24.2 Å². The second-order valence-corrected chi connectivity index (χ2v) is 7.70. The van der Waals surface area contributed by atoms with Crippen molar-refractivity contribution in [2.24, 2.45) is 11.3 Å². The summed E-state index contributed by atoms with van der Waals surface area (Å²) in [4.78, 5) is 14.4. The second kappa shape index (κ2) is 5.83. The van der Waals surface area contributed by atoms with E-state index in [1.165, 1.54) is 0 Å². The number of nitrogens with one attached hydrogen (secondary N) is 1. The number of rotatable bonds is 1. The van der Waals surface area contributed by atoms with E-state index in [2.05, 4.69) is 31.0 Å². The molecule has 0 aliphatic carbocycles. The Morgan fingerprint density at radius 1 is 1.28 bits per heavy atom. The van der Waals surface area contributed by atoms with Gasteiger partial charge in [-0.3, -0.25) is 4.79 Å². The third-order valence-corrected chi connectivity index (χ3v) is 5.31. The van der Waals surface area contributed by atoms with Crippen molar-refractivity contribution in [2.75, 3.05) is 31.1 Å². The lowest BCUT2D eigenvalue weighted by molar-refractivity contribution is -0.134. The Hall–Kier alpha value is -0.220. The van der Waals surface area contributed by atoms with Gasteiger partial charge >= 0.3 is 0 Å². The van der Waals surface area contributed by atoms with Crippen molar-refractivity contribution in [2.45, 2.75) is 39.7 Å². The van der Waals surface area contributed by atoms with Gasteiger partial charge in [0.15, 0.2) is 0 Å². The largest absolute Gasteiger partial charge is 0.341 e. The summed E-state index contributed by atoms with van der Waals surface area (Å²) in [6.07, 6.45) is 2.32. The zero-order valence-electron chi connectivity index (χ0n) is 11.9. The average Bonchev–Trinajstić information content (AvgIpc) is 2.38. The molecule has 0 spiro atoms. The molecule has 1 amide bonds. The van der Waals surface area contributed by atoms with Crippen molar-refractivity contribution < 1.29 is 4.79 Å². The summed E-state index contributed by atoms with van der Waals surface area (Å²) in [6.45, 7) is 9.81. The van der Waals surface area contributed by atoms with Gasteiger partial charge in [0.2, 0.25) is 5.91 Å². The zero-order chi connectivity index (χ0) is 13.2. The number of amides is 1. The van der Waals surface area contributed by atoms with Gasteiger partial charge in [0.05, 0.1) is 6.04 Å². The molecule has 1 unspecified atom stereocenters. The normalized spacial score (nSPS) is 27.3. The van der Waals surface area contributed by atoms with Gasteiger partial charge < -0.3 is 10.2 Å². The first-order valence-corrected chi connectivity index (χ1v) is 8.24. The maximum absolute atomic E-state index is 12.4. The summed E-state index contributed by atoms with van der Waals surface area (Å²) < 4.78 is 0. The fourth-order valence-corrected chi connectivity index (χ4v) is 3.84. The van der Waals surface area contributed by atoms with E-state index in [-0.39, 0.29) is 6.04 Å². The first-order chi connectivity index (χ1) is 8.48. The maximum atomic E-state index is 12.4. The highest BCUT2D eigenvalue weighted by Crippen LogP contribution is 2.34. The third-order valence-electron chi connectivity index (χ3n) is 4.25. The van der Waals surface area contributed by atoms with Crippen LogP contribution in [0.15, 0.2) is 0 Å². The number of hydrogen-bond donors (Lipinski definition) is 1. The molecule has 0 radical (unpaired) electrons. The van der Waals surface area contributed by atoms with Crippen LogP contribution in [0.2, 0.25) is 0 Å². The number of carbonyl (C=O) groups excluding carboxylic acids is 1. The van der Waals surface area contributed by atoms with Gasteiger partial charge in [-0.2, -0.15) is 11.8 Å². The van der Waals surface area contributed by atoms with E-state index in [4.69, 9.17) is 0 Å². The fraction of sp³-hybridized carbons (Fsp3) is 0.929. The highest BCUT2D eigenvalue weighted by atomic mass is 32.2. The van der Waals surface area contributed by atoms with Gasteiger partial charge in [-0.25, -0.2) is 0 Å².